The van der Waals surface area contributed by atoms with Gasteiger partial charge in [-0.05, 0) is 35.9 Å². The number of benzene rings is 2. The Morgan fingerprint density at radius 1 is 0.931 bits per heavy atom. The predicted molar refractivity (Wildman–Crippen MR) is 120 cm³/mol. The molecular weight excluding hydrogens is 427 g/mol. The molecule has 0 aliphatic rings. The van der Waals surface area contributed by atoms with E-state index < -0.39 is 6.10 Å². The highest BCUT2D eigenvalue weighted by Gasteiger charge is 2.25. The number of aliphatic hydroxyl groups is 1. The number of pyridine rings is 1. The van der Waals surface area contributed by atoms with Crippen LogP contribution in [0, 0.1) is 0 Å². The van der Waals surface area contributed by atoms with E-state index in [2.05, 4.69) is 4.98 Å². The zero-order valence-corrected chi connectivity index (χ0v) is 17.7. The first kappa shape index (κ1) is 20.0. The van der Waals surface area contributed by atoms with Crippen LogP contribution >= 0.6 is 34.8 Å². The van der Waals surface area contributed by atoms with Gasteiger partial charge in [0.2, 0.25) is 0 Å². The molecule has 29 heavy (non-hydrogen) atoms. The average molecular weight is 444 g/mol. The van der Waals surface area contributed by atoms with Crippen LogP contribution in [-0.4, -0.2) is 14.7 Å². The molecule has 6 heteroatoms. The van der Waals surface area contributed by atoms with Crippen molar-refractivity contribution >= 4 is 34.8 Å². The molecule has 4 rings (SSSR count). The van der Waals surface area contributed by atoms with Gasteiger partial charge in [0.05, 0.1) is 5.69 Å². The number of aliphatic hydroxyl groups excluding tert-OH is 1. The summed E-state index contributed by atoms with van der Waals surface area (Å²) >= 11 is 18.7. The second-order valence-corrected chi connectivity index (χ2v) is 8.02. The fraction of sp³-hybridized carbons (Fsp3) is 0.0870. The topological polar surface area (TPSA) is 38.0 Å². The Kier molecular flexibility index (Phi) is 5.66. The summed E-state index contributed by atoms with van der Waals surface area (Å²) in [6.07, 6.45) is 4.42. The highest BCUT2D eigenvalue weighted by atomic mass is 35.5. The van der Waals surface area contributed by atoms with Crippen LogP contribution in [0.3, 0.4) is 0 Å². The third kappa shape index (κ3) is 3.92. The van der Waals surface area contributed by atoms with Crippen molar-refractivity contribution in [3.05, 3.63) is 99.4 Å². The average Bonchev–Trinajstić information content (AvgIpc) is 3.05. The maximum absolute atomic E-state index is 11.3. The molecule has 0 amide bonds. The molecular formula is C23H17Cl3N2O. The molecule has 0 radical (unpaired) electrons. The normalized spacial score (nSPS) is 12.2. The molecule has 0 saturated heterocycles. The minimum atomic E-state index is -0.891. The Bertz CT molecular complexity index is 1150. The van der Waals surface area contributed by atoms with Crippen LogP contribution in [0.1, 0.15) is 17.2 Å². The number of aromatic nitrogens is 2. The Morgan fingerprint density at radius 3 is 2.31 bits per heavy atom. The van der Waals surface area contributed by atoms with E-state index in [0.717, 1.165) is 27.9 Å². The summed E-state index contributed by atoms with van der Waals surface area (Å²) < 4.78 is 1.98. The molecule has 2 aromatic carbocycles. The Morgan fingerprint density at radius 2 is 1.66 bits per heavy atom. The molecule has 1 atom stereocenters. The molecule has 2 aromatic heterocycles. The smallest absolute Gasteiger partial charge is 0.108 e. The fourth-order valence-electron chi connectivity index (χ4n) is 3.52. The molecule has 2 heterocycles. The van der Waals surface area contributed by atoms with Gasteiger partial charge in [-0.25, -0.2) is 0 Å². The molecule has 1 N–H and O–H groups in total. The number of halogens is 3. The first-order valence-electron chi connectivity index (χ1n) is 8.94. The molecule has 0 bridgehead atoms. The number of hydrogen-bond acceptors (Lipinski definition) is 2. The van der Waals surface area contributed by atoms with Crippen LogP contribution in [-0.2, 0) is 7.05 Å². The molecule has 0 spiro atoms. The maximum atomic E-state index is 11.3. The van der Waals surface area contributed by atoms with Gasteiger partial charge >= 0.3 is 0 Å². The van der Waals surface area contributed by atoms with E-state index in [1.54, 1.807) is 30.6 Å². The van der Waals surface area contributed by atoms with Gasteiger partial charge in [0.15, 0.2) is 0 Å². The van der Waals surface area contributed by atoms with Gasteiger partial charge in [0.25, 0.3) is 0 Å². The summed E-state index contributed by atoms with van der Waals surface area (Å²) in [5, 5.41) is 13.1. The first-order valence-corrected chi connectivity index (χ1v) is 10.1. The minimum Gasteiger partial charge on any atom is -0.383 e. The van der Waals surface area contributed by atoms with Crippen LogP contribution in [0.2, 0.25) is 15.1 Å². The third-order valence-corrected chi connectivity index (χ3v) is 5.63. The molecule has 0 aliphatic carbocycles. The van der Waals surface area contributed by atoms with E-state index in [1.165, 1.54) is 0 Å². The zero-order valence-electron chi connectivity index (χ0n) is 15.5. The second kappa shape index (κ2) is 8.21. The van der Waals surface area contributed by atoms with Gasteiger partial charge in [-0.3, -0.25) is 4.98 Å². The summed E-state index contributed by atoms with van der Waals surface area (Å²) in [5.41, 5.74) is 4.87. The van der Waals surface area contributed by atoms with E-state index in [0.29, 0.717) is 20.6 Å². The molecule has 0 aliphatic heterocycles. The molecule has 146 valence electrons. The van der Waals surface area contributed by atoms with E-state index in [1.807, 2.05) is 54.2 Å². The Balaban J connectivity index is 1.99. The monoisotopic (exact) mass is 442 g/mol. The van der Waals surface area contributed by atoms with Crippen molar-refractivity contribution in [3.63, 3.8) is 0 Å². The van der Waals surface area contributed by atoms with Crippen LogP contribution < -0.4 is 0 Å². The lowest BCUT2D eigenvalue weighted by atomic mass is 9.93. The van der Waals surface area contributed by atoms with Crippen molar-refractivity contribution in [1.82, 2.24) is 9.55 Å². The van der Waals surface area contributed by atoms with Gasteiger partial charge < -0.3 is 9.67 Å². The molecule has 3 nitrogen and oxygen atoms in total. The van der Waals surface area contributed by atoms with Crippen molar-refractivity contribution in [2.45, 2.75) is 6.10 Å². The summed E-state index contributed by atoms with van der Waals surface area (Å²) in [4.78, 5) is 4.16. The van der Waals surface area contributed by atoms with Crippen molar-refractivity contribution in [1.29, 1.82) is 0 Å². The number of aryl methyl sites for hydroxylation is 1. The lowest BCUT2D eigenvalue weighted by molar-refractivity contribution is 0.221. The lowest BCUT2D eigenvalue weighted by Crippen LogP contribution is -2.04. The van der Waals surface area contributed by atoms with E-state index in [4.69, 9.17) is 34.8 Å². The Labute approximate surface area is 184 Å². The summed E-state index contributed by atoms with van der Waals surface area (Å²) in [6.45, 7) is 0. The standard InChI is InChI=1S/C23H17Cl3N2O/c1-28-13-19(18-9-8-17(25)11-20(18)26)21(23(29)15-3-2-10-27-12-15)22(28)14-4-6-16(24)7-5-14/h2-13,23,29H,1H3. The van der Waals surface area contributed by atoms with Gasteiger partial charge in [-0.15, -0.1) is 0 Å². The van der Waals surface area contributed by atoms with Gasteiger partial charge in [0.1, 0.15) is 6.10 Å². The second-order valence-electron chi connectivity index (χ2n) is 6.74. The highest BCUT2D eigenvalue weighted by molar-refractivity contribution is 6.36. The summed E-state index contributed by atoms with van der Waals surface area (Å²) in [5.74, 6) is 0. The number of hydrogen-bond donors (Lipinski definition) is 1. The zero-order chi connectivity index (χ0) is 20.5. The van der Waals surface area contributed by atoms with Crippen LogP contribution in [0.15, 0.2) is 73.2 Å². The molecule has 0 saturated carbocycles. The SMILES string of the molecule is Cn1cc(-c2ccc(Cl)cc2Cl)c(C(O)c2cccnc2)c1-c1ccc(Cl)cc1. The van der Waals surface area contributed by atoms with Gasteiger partial charge in [0, 0.05) is 63.0 Å². The number of rotatable bonds is 4. The number of nitrogens with zero attached hydrogens (tertiary/aromatic N) is 2. The summed E-state index contributed by atoms with van der Waals surface area (Å²) in [6, 6.07) is 16.5. The summed E-state index contributed by atoms with van der Waals surface area (Å²) in [7, 11) is 1.94. The maximum Gasteiger partial charge on any atom is 0.108 e. The molecule has 1 unspecified atom stereocenters. The van der Waals surface area contributed by atoms with Crippen LogP contribution in [0.25, 0.3) is 22.4 Å². The van der Waals surface area contributed by atoms with E-state index in [9.17, 15) is 5.11 Å². The largest absolute Gasteiger partial charge is 0.383 e. The predicted octanol–water partition coefficient (Wildman–Crippen LogP) is 6.80. The lowest BCUT2D eigenvalue weighted by Gasteiger charge is -2.17. The fourth-order valence-corrected chi connectivity index (χ4v) is 4.15. The minimum absolute atomic E-state index is 0.519. The first-order chi connectivity index (χ1) is 14.0. The van der Waals surface area contributed by atoms with Gasteiger partial charge in [-0.1, -0.05) is 59.1 Å². The third-order valence-electron chi connectivity index (χ3n) is 4.83. The van der Waals surface area contributed by atoms with E-state index in [-0.39, 0.29) is 0 Å². The van der Waals surface area contributed by atoms with E-state index >= 15 is 0 Å². The Hall–Kier alpha value is -2.30. The van der Waals surface area contributed by atoms with Crippen molar-refractivity contribution < 1.29 is 5.11 Å². The quantitative estimate of drug-likeness (QED) is 0.377. The van der Waals surface area contributed by atoms with Crippen molar-refractivity contribution in [2.75, 3.05) is 0 Å². The van der Waals surface area contributed by atoms with Crippen LogP contribution in [0.5, 0.6) is 0 Å². The van der Waals surface area contributed by atoms with Crippen molar-refractivity contribution in [3.8, 4) is 22.4 Å². The van der Waals surface area contributed by atoms with Crippen molar-refractivity contribution in [2.24, 2.45) is 7.05 Å². The highest BCUT2D eigenvalue weighted by Crippen LogP contribution is 2.43. The van der Waals surface area contributed by atoms with Crippen LogP contribution in [0.4, 0.5) is 0 Å². The van der Waals surface area contributed by atoms with Gasteiger partial charge in [-0.2, -0.15) is 0 Å². The molecule has 0 fully saturated rings. The molecule has 4 aromatic rings.